The standard InChI is InChI=1S/C12H17N3O3S/c1-8(2-4-16)6-13-10(17)9-7-14-12-15(11(9)18)3-5-19-12/h7-8,16H,2-6H2,1H3,(H,13,17). The van der Waals surface area contributed by atoms with Crippen molar-refractivity contribution in [3.8, 4) is 0 Å². The van der Waals surface area contributed by atoms with Crippen LogP contribution in [0.4, 0.5) is 0 Å². The lowest BCUT2D eigenvalue weighted by Crippen LogP contribution is -2.35. The van der Waals surface area contributed by atoms with E-state index in [0.717, 1.165) is 5.75 Å². The van der Waals surface area contributed by atoms with Crippen molar-refractivity contribution >= 4 is 17.7 Å². The van der Waals surface area contributed by atoms with Crippen molar-refractivity contribution in [1.82, 2.24) is 14.9 Å². The van der Waals surface area contributed by atoms with Crippen molar-refractivity contribution in [2.75, 3.05) is 18.9 Å². The first-order valence-electron chi connectivity index (χ1n) is 6.25. The number of hydrogen-bond acceptors (Lipinski definition) is 5. The Bertz CT molecular complexity index is 529. The lowest BCUT2D eigenvalue weighted by atomic mass is 10.1. The fraction of sp³-hybridized carbons (Fsp3) is 0.583. The lowest BCUT2D eigenvalue weighted by molar-refractivity contribution is 0.0942. The van der Waals surface area contributed by atoms with Crippen LogP contribution in [0.3, 0.4) is 0 Å². The Hall–Kier alpha value is -1.34. The predicted molar refractivity (Wildman–Crippen MR) is 72.4 cm³/mol. The molecule has 1 aromatic heterocycles. The zero-order chi connectivity index (χ0) is 13.8. The second kappa shape index (κ2) is 6.21. The van der Waals surface area contributed by atoms with Gasteiger partial charge in [0, 0.05) is 31.6 Å². The summed E-state index contributed by atoms with van der Waals surface area (Å²) >= 11 is 1.52. The van der Waals surface area contributed by atoms with Crippen LogP contribution >= 0.6 is 11.8 Å². The molecule has 0 radical (unpaired) electrons. The molecule has 6 nitrogen and oxygen atoms in total. The molecule has 1 atom stereocenters. The molecule has 1 aliphatic heterocycles. The van der Waals surface area contributed by atoms with Crippen molar-refractivity contribution in [1.29, 1.82) is 0 Å². The summed E-state index contributed by atoms with van der Waals surface area (Å²) in [5.41, 5.74) is -0.190. The van der Waals surface area contributed by atoms with Crippen molar-refractivity contribution in [2.24, 2.45) is 5.92 Å². The van der Waals surface area contributed by atoms with E-state index in [-0.39, 0.29) is 23.6 Å². The third-order valence-electron chi connectivity index (χ3n) is 3.03. The number of aliphatic hydroxyl groups excluding tert-OH is 1. The molecule has 7 heteroatoms. The third kappa shape index (κ3) is 3.16. The quantitative estimate of drug-likeness (QED) is 0.749. The van der Waals surface area contributed by atoms with E-state index < -0.39 is 5.91 Å². The van der Waals surface area contributed by atoms with Crippen molar-refractivity contribution in [3.05, 3.63) is 22.1 Å². The molecule has 0 aliphatic carbocycles. The van der Waals surface area contributed by atoms with Crippen LogP contribution in [0, 0.1) is 5.92 Å². The first-order chi connectivity index (χ1) is 9.13. The SMILES string of the molecule is CC(CCO)CNC(=O)c1cnc2n(c1=O)CCS2. The molecule has 1 amide bonds. The monoisotopic (exact) mass is 283 g/mol. The van der Waals surface area contributed by atoms with Gasteiger partial charge < -0.3 is 10.4 Å². The molecule has 19 heavy (non-hydrogen) atoms. The average molecular weight is 283 g/mol. The highest BCUT2D eigenvalue weighted by molar-refractivity contribution is 7.99. The molecule has 1 unspecified atom stereocenters. The minimum absolute atomic E-state index is 0.0856. The highest BCUT2D eigenvalue weighted by Gasteiger charge is 2.19. The largest absolute Gasteiger partial charge is 0.396 e. The van der Waals surface area contributed by atoms with Crippen LogP contribution in [0.25, 0.3) is 0 Å². The molecular weight excluding hydrogens is 266 g/mol. The third-order valence-corrected chi connectivity index (χ3v) is 4.00. The zero-order valence-corrected chi connectivity index (χ0v) is 11.6. The van der Waals surface area contributed by atoms with Gasteiger partial charge in [-0.05, 0) is 12.3 Å². The van der Waals surface area contributed by atoms with Crippen LogP contribution in [0.5, 0.6) is 0 Å². The zero-order valence-electron chi connectivity index (χ0n) is 10.8. The van der Waals surface area contributed by atoms with Gasteiger partial charge in [-0.3, -0.25) is 14.2 Å². The highest BCUT2D eigenvalue weighted by Crippen LogP contribution is 2.20. The summed E-state index contributed by atoms with van der Waals surface area (Å²) < 4.78 is 1.54. The highest BCUT2D eigenvalue weighted by atomic mass is 32.2. The normalized spacial score (nSPS) is 15.1. The fourth-order valence-corrected chi connectivity index (χ4v) is 2.77. The number of amides is 1. The Balaban J connectivity index is 2.06. The minimum atomic E-state index is -0.394. The number of nitrogens with one attached hydrogen (secondary N) is 1. The predicted octanol–water partition coefficient (Wildman–Crippen LogP) is 0.0973. The fourth-order valence-electron chi connectivity index (χ4n) is 1.86. The topological polar surface area (TPSA) is 84.2 Å². The van der Waals surface area contributed by atoms with Crippen LogP contribution in [-0.2, 0) is 6.54 Å². The van der Waals surface area contributed by atoms with Gasteiger partial charge in [0.1, 0.15) is 5.56 Å². The van der Waals surface area contributed by atoms with E-state index >= 15 is 0 Å². The van der Waals surface area contributed by atoms with Crippen LogP contribution in [-0.4, -0.2) is 39.5 Å². The number of rotatable bonds is 5. The molecule has 0 saturated heterocycles. The summed E-state index contributed by atoms with van der Waals surface area (Å²) in [7, 11) is 0. The van der Waals surface area contributed by atoms with Gasteiger partial charge in [0.25, 0.3) is 11.5 Å². The van der Waals surface area contributed by atoms with E-state index in [1.807, 2.05) is 6.92 Å². The van der Waals surface area contributed by atoms with Gasteiger partial charge in [-0.25, -0.2) is 4.98 Å². The van der Waals surface area contributed by atoms with Crippen LogP contribution in [0.2, 0.25) is 0 Å². The van der Waals surface area contributed by atoms with Gasteiger partial charge in [0.15, 0.2) is 5.16 Å². The van der Waals surface area contributed by atoms with E-state index in [1.165, 1.54) is 22.5 Å². The van der Waals surface area contributed by atoms with E-state index in [4.69, 9.17) is 5.11 Å². The molecule has 0 fully saturated rings. The number of carbonyl (C=O) groups is 1. The smallest absolute Gasteiger partial charge is 0.267 e. The molecule has 0 saturated carbocycles. The van der Waals surface area contributed by atoms with Crippen molar-refractivity contribution in [2.45, 2.75) is 25.0 Å². The number of nitrogens with zero attached hydrogens (tertiary/aromatic N) is 2. The molecule has 2 rings (SSSR count). The van der Waals surface area contributed by atoms with Crippen molar-refractivity contribution < 1.29 is 9.90 Å². The number of aliphatic hydroxyl groups is 1. The Kier molecular flexibility index (Phi) is 4.60. The lowest BCUT2D eigenvalue weighted by Gasteiger charge is -2.11. The maximum atomic E-state index is 12.1. The number of fused-ring (bicyclic) bond motifs is 1. The molecular formula is C12H17N3O3S. The molecule has 0 aromatic carbocycles. The first-order valence-corrected chi connectivity index (χ1v) is 7.23. The van der Waals surface area contributed by atoms with Gasteiger partial charge in [-0.1, -0.05) is 18.7 Å². The number of carbonyl (C=O) groups excluding carboxylic acids is 1. The van der Waals surface area contributed by atoms with Gasteiger partial charge in [0.2, 0.25) is 0 Å². The van der Waals surface area contributed by atoms with Crippen LogP contribution in [0.15, 0.2) is 16.1 Å². The molecule has 0 bridgehead atoms. The summed E-state index contributed by atoms with van der Waals surface area (Å²) in [6.45, 7) is 3.07. The maximum Gasteiger partial charge on any atom is 0.267 e. The summed E-state index contributed by atoms with van der Waals surface area (Å²) in [5.74, 6) is 0.602. The van der Waals surface area contributed by atoms with E-state index in [0.29, 0.717) is 24.7 Å². The summed E-state index contributed by atoms with van der Waals surface area (Å²) in [4.78, 5) is 28.2. The number of thioether (sulfide) groups is 1. The summed E-state index contributed by atoms with van der Waals surface area (Å²) in [6.07, 6.45) is 1.97. The minimum Gasteiger partial charge on any atom is -0.396 e. The van der Waals surface area contributed by atoms with E-state index in [9.17, 15) is 9.59 Å². The van der Waals surface area contributed by atoms with Crippen LogP contribution < -0.4 is 10.9 Å². The Morgan fingerprint density at radius 2 is 2.47 bits per heavy atom. The Morgan fingerprint density at radius 3 is 3.21 bits per heavy atom. The van der Waals surface area contributed by atoms with Crippen LogP contribution in [0.1, 0.15) is 23.7 Å². The molecule has 0 spiro atoms. The number of hydrogen-bond donors (Lipinski definition) is 2. The second-order valence-electron chi connectivity index (χ2n) is 4.59. The van der Waals surface area contributed by atoms with Gasteiger partial charge in [-0.15, -0.1) is 0 Å². The van der Waals surface area contributed by atoms with Gasteiger partial charge in [-0.2, -0.15) is 0 Å². The maximum absolute atomic E-state index is 12.1. The van der Waals surface area contributed by atoms with Gasteiger partial charge >= 0.3 is 0 Å². The van der Waals surface area contributed by atoms with E-state index in [2.05, 4.69) is 10.3 Å². The average Bonchev–Trinajstić information content (AvgIpc) is 2.86. The summed E-state index contributed by atoms with van der Waals surface area (Å²) in [5, 5.41) is 12.2. The Morgan fingerprint density at radius 1 is 1.68 bits per heavy atom. The second-order valence-corrected chi connectivity index (χ2v) is 5.65. The first kappa shape index (κ1) is 14.1. The molecule has 104 valence electrons. The molecule has 2 N–H and O–H groups in total. The summed E-state index contributed by atoms with van der Waals surface area (Å²) in [6, 6.07) is 0. The Labute approximate surface area is 115 Å². The van der Waals surface area contributed by atoms with Crippen molar-refractivity contribution in [3.63, 3.8) is 0 Å². The molecule has 2 heterocycles. The van der Waals surface area contributed by atoms with E-state index in [1.54, 1.807) is 0 Å². The van der Waals surface area contributed by atoms with Gasteiger partial charge in [0.05, 0.1) is 0 Å². The molecule has 1 aliphatic rings. The molecule has 1 aromatic rings. The number of aromatic nitrogens is 2.